The molecule has 3 heteroatoms. The molecule has 1 aromatic carbocycles. The molecule has 1 saturated heterocycles. The van der Waals surface area contributed by atoms with E-state index in [1.54, 1.807) is 0 Å². The van der Waals surface area contributed by atoms with Crippen molar-refractivity contribution in [2.75, 3.05) is 6.54 Å². The van der Waals surface area contributed by atoms with Crippen molar-refractivity contribution in [3.63, 3.8) is 0 Å². The van der Waals surface area contributed by atoms with Gasteiger partial charge in [0.1, 0.15) is 0 Å². The predicted molar refractivity (Wildman–Crippen MR) is 73.1 cm³/mol. The van der Waals surface area contributed by atoms with Gasteiger partial charge in [0.05, 0.1) is 6.04 Å². The normalized spacial score (nSPS) is 21.7. The first kappa shape index (κ1) is 13.1. The standard InChI is InChI=1S/C15H22N2O/c1-12-7-5-6-10-17(12)15(18)14(16)11-13-8-3-2-4-9-13/h2-4,8-9,12,14H,5-7,10-11,16H2,1H3/t12-,14-/m1/s1. The lowest BCUT2D eigenvalue weighted by atomic mass is 10.0. The van der Waals surface area contributed by atoms with Crippen LogP contribution >= 0.6 is 0 Å². The number of piperidine rings is 1. The Labute approximate surface area is 109 Å². The Balaban J connectivity index is 1.96. The molecule has 0 radical (unpaired) electrons. The van der Waals surface area contributed by atoms with Crippen LogP contribution in [0.5, 0.6) is 0 Å². The molecular weight excluding hydrogens is 224 g/mol. The van der Waals surface area contributed by atoms with Crippen molar-refractivity contribution in [1.29, 1.82) is 0 Å². The number of likely N-dealkylation sites (tertiary alicyclic amines) is 1. The summed E-state index contributed by atoms with van der Waals surface area (Å²) in [5.74, 6) is 0.103. The number of carbonyl (C=O) groups is 1. The SMILES string of the molecule is C[C@@H]1CCCCN1C(=O)[C@H](N)Cc1ccccc1. The molecule has 0 spiro atoms. The maximum absolute atomic E-state index is 12.3. The van der Waals surface area contributed by atoms with E-state index in [-0.39, 0.29) is 5.91 Å². The van der Waals surface area contributed by atoms with Gasteiger partial charge in [0.15, 0.2) is 0 Å². The van der Waals surface area contributed by atoms with E-state index in [0.29, 0.717) is 12.5 Å². The quantitative estimate of drug-likeness (QED) is 0.886. The Morgan fingerprint density at radius 2 is 2.11 bits per heavy atom. The molecule has 1 fully saturated rings. The summed E-state index contributed by atoms with van der Waals surface area (Å²) in [7, 11) is 0. The molecule has 2 rings (SSSR count). The zero-order chi connectivity index (χ0) is 13.0. The number of nitrogens with two attached hydrogens (primary N) is 1. The van der Waals surface area contributed by atoms with Crippen LogP contribution < -0.4 is 5.73 Å². The van der Waals surface area contributed by atoms with Crippen LogP contribution in [0.1, 0.15) is 31.7 Å². The maximum Gasteiger partial charge on any atom is 0.240 e. The van der Waals surface area contributed by atoms with Crippen LogP contribution in [0, 0.1) is 0 Å². The van der Waals surface area contributed by atoms with Crippen molar-refractivity contribution in [2.45, 2.75) is 44.7 Å². The Kier molecular flexibility index (Phi) is 4.37. The molecule has 0 saturated carbocycles. The third kappa shape index (κ3) is 3.10. The van der Waals surface area contributed by atoms with Gasteiger partial charge >= 0.3 is 0 Å². The first-order chi connectivity index (χ1) is 8.68. The monoisotopic (exact) mass is 246 g/mol. The van der Waals surface area contributed by atoms with Crippen molar-refractivity contribution < 1.29 is 4.79 Å². The fourth-order valence-electron chi connectivity index (χ4n) is 2.59. The van der Waals surface area contributed by atoms with Crippen LogP contribution in [-0.2, 0) is 11.2 Å². The molecule has 0 aromatic heterocycles. The minimum absolute atomic E-state index is 0.103. The summed E-state index contributed by atoms with van der Waals surface area (Å²) < 4.78 is 0. The highest BCUT2D eigenvalue weighted by molar-refractivity contribution is 5.82. The highest BCUT2D eigenvalue weighted by Crippen LogP contribution is 2.17. The minimum Gasteiger partial charge on any atom is -0.339 e. The molecular formula is C15H22N2O. The van der Waals surface area contributed by atoms with Gasteiger partial charge in [0.2, 0.25) is 5.91 Å². The van der Waals surface area contributed by atoms with Gasteiger partial charge in [-0.2, -0.15) is 0 Å². The zero-order valence-electron chi connectivity index (χ0n) is 11.0. The van der Waals surface area contributed by atoms with E-state index in [1.165, 1.54) is 6.42 Å². The van der Waals surface area contributed by atoms with Crippen LogP contribution in [0.3, 0.4) is 0 Å². The van der Waals surface area contributed by atoms with Gasteiger partial charge in [-0.15, -0.1) is 0 Å². The topological polar surface area (TPSA) is 46.3 Å². The van der Waals surface area contributed by atoms with Crippen molar-refractivity contribution in [3.8, 4) is 0 Å². The van der Waals surface area contributed by atoms with Crippen LogP contribution in [0.4, 0.5) is 0 Å². The fourth-order valence-corrected chi connectivity index (χ4v) is 2.59. The fraction of sp³-hybridized carbons (Fsp3) is 0.533. The Hall–Kier alpha value is -1.35. The molecule has 98 valence electrons. The molecule has 0 unspecified atom stereocenters. The number of nitrogens with zero attached hydrogens (tertiary/aromatic N) is 1. The number of benzene rings is 1. The zero-order valence-corrected chi connectivity index (χ0v) is 11.0. The number of hydrogen-bond donors (Lipinski definition) is 1. The predicted octanol–water partition coefficient (Wildman–Crippen LogP) is 1.96. The summed E-state index contributed by atoms with van der Waals surface area (Å²) >= 11 is 0. The molecule has 2 N–H and O–H groups in total. The van der Waals surface area contributed by atoms with Crippen LogP contribution in [-0.4, -0.2) is 29.4 Å². The van der Waals surface area contributed by atoms with E-state index in [4.69, 9.17) is 5.73 Å². The molecule has 1 heterocycles. The summed E-state index contributed by atoms with van der Waals surface area (Å²) in [6.45, 7) is 2.98. The Bertz CT molecular complexity index is 391. The van der Waals surface area contributed by atoms with Gasteiger partial charge in [0.25, 0.3) is 0 Å². The van der Waals surface area contributed by atoms with Gasteiger partial charge in [-0.05, 0) is 38.2 Å². The van der Waals surface area contributed by atoms with E-state index >= 15 is 0 Å². The number of amides is 1. The molecule has 1 aliphatic rings. The Morgan fingerprint density at radius 1 is 1.39 bits per heavy atom. The van der Waals surface area contributed by atoms with Gasteiger partial charge in [-0.25, -0.2) is 0 Å². The highest BCUT2D eigenvalue weighted by Gasteiger charge is 2.27. The number of rotatable bonds is 3. The first-order valence-electron chi connectivity index (χ1n) is 6.78. The third-order valence-corrected chi connectivity index (χ3v) is 3.70. The van der Waals surface area contributed by atoms with Crippen LogP contribution in [0.15, 0.2) is 30.3 Å². The molecule has 1 amide bonds. The van der Waals surface area contributed by atoms with Crippen molar-refractivity contribution in [2.24, 2.45) is 5.73 Å². The number of hydrogen-bond acceptors (Lipinski definition) is 2. The number of carbonyl (C=O) groups excluding carboxylic acids is 1. The summed E-state index contributed by atoms with van der Waals surface area (Å²) in [4.78, 5) is 14.3. The van der Waals surface area contributed by atoms with Crippen LogP contribution in [0.2, 0.25) is 0 Å². The second kappa shape index (κ2) is 6.01. The minimum atomic E-state index is -0.409. The van der Waals surface area contributed by atoms with Crippen molar-refractivity contribution in [1.82, 2.24) is 4.90 Å². The van der Waals surface area contributed by atoms with E-state index < -0.39 is 6.04 Å². The second-order valence-electron chi connectivity index (χ2n) is 5.17. The van der Waals surface area contributed by atoms with E-state index in [9.17, 15) is 4.79 Å². The third-order valence-electron chi connectivity index (χ3n) is 3.70. The molecule has 3 nitrogen and oxygen atoms in total. The van der Waals surface area contributed by atoms with Gasteiger partial charge in [-0.3, -0.25) is 4.79 Å². The average molecular weight is 246 g/mol. The lowest BCUT2D eigenvalue weighted by Crippen LogP contribution is -2.50. The largest absolute Gasteiger partial charge is 0.339 e. The van der Waals surface area contributed by atoms with E-state index in [0.717, 1.165) is 24.9 Å². The average Bonchev–Trinajstić information content (AvgIpc) is 2.39. The Morgan fingerprint density at radius 3 is 2.78 bits per heavy atom. The molecule has 0 bridgehead atoms. The van der Waals surface area contributed by atoms with Gasteiger partial charge in [0, 0.05) is 12.6 Å². The van der Waals surface area contributed by atoms with Gasteiger partial charge in [-0.1, -0.05) is 30.3 Å². The molecule has 18 heavy (non-hydrogen) atoms. The summed E-state index contributed by atoms with van der Waals surface area (Å²) in [5.41, 5.74) is 7.18. The first-order valence-corrected chi connectivity index (χ1v) is 6.78. The van der Waals surface area contributed by atoms with Crippen molar-refractivity contribution in [3.05, 3.63) is 35.9 Å². The van der Waals surface area contributed by atoms with Gasteiger partial charge < -0.3 is 10.6 Å². The van der Waals surface area contributed by atoms with E-state index in [1.807, 2.05) is 35.2 Å². The highest BCUT2D eigenvalue weighted by atomic mass is 16.2. The smallest absolute Gasteiger partial charge is 0.240 e. The van der Waals surface area contributed by atoms with Crippen LogP contribution in [0.25, 0.3) is 0 Å². The molecule has 1 aromatic rings. The lowest BCUT2D eigenvalue weighted by molar-refractivity contribution is -0.135. The lowest BCUT2D eigenvalue weighted by Gasteiger charge is -2.35. The molecule has 2 atom stereocenters. The summed E-state index contributed by atoms with van der Waals surface area (Å²) in [6, 6.07) is 9.91. The summed E-state index contributed by atoms with van der Waals surface area (Å²) in [5, 5.41) is 0. The molecule has 0 aliphatic carbocycles. The molecule has 1 aliphatic heterocycles. The summed E-state index contributed by atoms with van der Waals surface area (Å²) in [6.07, 6.45) is 4.06. The maximum atomic E-state index is 12.3. The van der Waals surface area contributed by atoms with Crippen molar-refractivity contribution >= 4 is 5.91 Å². The van der Waals surface area contributed by atoms with E-state index in [2.05, 4.69) is 6.92 Å². The second-order valence-corrected chi connectivity index (χ2v) is 5.17.